The highest BCUT2D eigenvalue weighted by atomic mass is 32.2. The van der Waals surface area contributed by atoms with Gasteiger partial charge in [-0.2, -0.15) is 8.78 Å². The fourth-order valence-electron chi connectivity index (χ4n) is 2.12. The van der Waals surface area contributed by atoms with E-state index in [1.807, 2.05) is 13.8 Å². The predicted molar refractivity (Wildman–Crippen MR) is 89.3 cm³/mol. The Morgan fingerprint density at radius 1 is 1.30 bits per heavy atom. The van der Waals surface area contributed by atoms with Crippen molar-refractivity contribution in [1.82, 2.24) is 15.0 Å². The molecule has 0 saturated carbocycles. The number of hydrogen-bond donors (Lipinski definition) is 1. The number of pyridine rings is 1. The van der Waals surface area contributed by atoms with Gasteiger partial charge in [0, 0.05) is 17.5 Å². The molecule has 0 aliphatic carbocycles. The fraction of sp³-hybridized carbons (Fsp3) is 0.400. The minimum Gasteiger partial charge on any atom is -0.301 e. The molecule has 2 rings (SSSR count). The molecule has 2 heterocycles. The number of aromatic amines is 1. The van der Waals surface area contributed by atoms with Crippen LogP contribution in [0.1, 0.15) is 30.7 Å². The fourth-order valence-corrected chi connectivity index (χ4v) is 3.66. The van der Waals surface area contributed by atoms with Gasteiger partial charge in [-0.3, -0.25) is 4.79 Å². The Morgan fingerprint density at radius 3 is 2.74 bits per heavy atom. The number of rotatable bonds is 7. The van der Waals surface area contributed by atoms with Crippen LogP contribution in [0.4, 0.5) is 8.78 Å². The van der Waals surface area contributed by atoms with Gasteiger partial charge in [0.25, 0.3) is 11.3 Å². The maximum absolute atomic E-state index is 12.6. The molecule has 0 saturated heterocycles. The van der Waals surface area contributed by atoms with E-state index in [1.54, 1.807) is 12.1 Å². The smallest absolute Gasteiger partial charge is 0.290 e. The van der Waals surface area contributed by atoms with E-state index >= 15 is 0 Å². The molecule has 0 fully saturated rings. The number of halogens is 2. The minimum absolute atomic E-state index is 0.129. The average Bonchev–Trinajstić information content (AvgIpc) is 2.53. The molecule has 1 N–H and O–H groups in total. The summed E-state index contributed by atoms with van der Waals surface area (Å²) in [6.07, 6.45) is 2.80. The molecule has 0 unspecified atom stereocenters. The summed E-state index contributed by atoms with van der Waals surface area (Å²) in [4.78, 5) is 23.3. The molecule has 0 spiro atoms. The standard InChI is InChI=1S/C15H17F2N3OS2/c1-3-10-11(4-2)19-15(20-12(10)21)22-8-9-6-5-7-18-13(9)23-14(16)17/h5-7,14H,3-4,8H2,1-2H3,(H,19,20,21). The van der Waals surface area contributed by atoms with Crippen LogP contribution in [-0.2, 0) is 18.6 Å². The lowest BCUT2D eigenvalue weighted by atomic mass is 10.1. The zero-order valence-electron chi connectivity index (χ0n) is 12.8. The summed E-state index contributed by atoms with van der Waals surface area (Å²) in [5, 5.41) is 0.805. The molecular formula is C15H17F2N3OS2. The zero-order valence-corrected chi connectivity index (χ0v) is 14.4. The lowest BCUT2D eigenvalue weighted by Crippen LogP contribution is -2.17. The van der Waals surface area contributed by atoms with E-state index in [4.69, 9.17) is 0 Å². The van der Waals surface area contributed by atoms with Crippen LogP contribution in [0.2, 0.25) is 0 Å². The van der Waals surface area contributed by atoms with Gasteiger partial charge in [-0.15, -0.1) is 0 Å². The van der Waals surface area contributed by atoms with Crippen LogP contribution in [0.25, 0.3) is 0 Å². The van der Waals surface area contributed by atoms with Crippen molar-refractivity contribution >= 4 is 23.5 Å². The Labute approximate surface area is 141 Å². The zero-order chi connectivity index (χ0) is 16.8. The van der Waals surface area contributed by atoms with E-state index in [2.05, 4.69) is 15.0 Å². The Morgan fingerprint density at radius 2 is 2.09 bits per heavy atom. The second kappa shape index (κ2) is 8.44. The summed E-state index contributed by atoms with van der Waals surface area (Å²) in [6.45, 7) is 3.87. The molecule has 0 amide bonds. The van der Waals surface area contributed by atoms with Crippen molar-refractivity contribution in [2.45, 2.75) is 48.4 Å². The molecule has 0 bridgehead atoms. The lowest BCUT2D eigenvalue weighted by molar-refractivity contribution is 0.252. The molecule has 0 radical (unpaired) electrons. The van der Waals surface area contributed by atoms with Crippen molar-refractivity contribution in [2.75, 3.05) is 0 Å². The van der Waals surface area contributed by atoms with E-state index in [1.165, 1.54) is 18.0 Å². The van der Waals surface area contributed by atoms with Crippen LogP contribution in [0.3, 0.4) is 0 Å². The van der Waals surface area contributed by atoms with Gasteiger partial charge in [-0.25, -0.2) is 9.97 Å². The maximum Gasteiger partial charge on any atom is 0.290 e. The van der Waals surface area contributed by atoms with Crippen LogP contribution in [-0.4, -0.2) is 20.7 Å². The van der Waals surface area contributed by atoms with Gasteiger partial charge in [0.2, 0.25) is 0 Å². The van der Waals surface area contributed by atoms with Gasteiger partial charge in [-0.05, 0) is 36.2 Å². The molecule has 124 valence electrons. The van der Waals surface area contributed by atoms with Gasteiger partial charge in [-0.1, -0.05) is 31.7 Å². The highest BCUT2D eigenvalue weighted by molar-refractivity contribution is 8.00. The maximum atomic E-state index is 12.6. The topological polar surface area (TPSA) is 58.6 Å². The molecule has 0 aromatic carbocycles. The molecule has 0 atom stereocenters. The monoisotopic (exact) mass is 357 g/mol. The first-order valence-electron chi connectivity index (χ1n) is 7.18. The second-order valence-electron chi connectivity index (χ2n) is 4.64. The third-order valence-electron chi connectivity index (χ3n) is 3.18. The van der Waals surface area contributed by atoms with Gasteiger partial charge >= 0.3 is 0 Å². The minimum atomic E-state index is -2.51. The van der Waals surface area contributed by atoms with E-state index in [0.29, 0.717) is 51.7 Å². The number of nitrogens with zero attached hydrogens (tertiary/aromatic N) is 2. The molecule has 23 heavy (non-hydrogen) atoms. The van der Waals surface area contributed by atoms with Gasteiger partial charge in [0.1, 0.15) is 5.03 Å². The normalized spacial score (nSPS) is 11.2. The van der Waals surface area contributed by atoms with E-state index in [-0.39, 0.29) is 5.56 Å². The molecule has 4 nitrogen and oxygen atoms in total. The van der Waals surface area contributed by atoms with Crippen LogP contribution in [0.15, 0.2) is 33.3 Å². The number of aryl methyl sites for hydroxylation is 1. The Kier molecular flexibility index (Phi) is 6.59. The first-order chi connectivity index (χ1) is 11.0. The SMILES string of the molecule is CCc1nc(SCc2cccnc2SC(F)F)[nH]c(=O)c1CC. The third kappa shape index (κ3) is 4.78. The predicted octanol–water partition coefficient (Wildman–Crippen LogP) is 3.90. The molecule has 0 aliphatic rings. The summed E-state index contributed by atoms with van der Waals surface area (Å²) >= 11 is 1.74. The van der Waals surface area contributed by atoms with Gasteiger partial charge in [0.15, 0.2) is 5.16 Å². The van der Waals surface area contributed by atoms with Crippen molar-refractivity contribution in [3.05, 3.63) is 45.5 Å². The van der Waals surface area contributed by atoms with Crippen molar-refractivity contribution in [1.29, 1.82) is 0 Å². The number of aromatic nitrogens is 3. The number of thioether (sulfide) groups is 2. The Hall–Kier alpha value is -1.41. The summed E-state index contributed by atoms with van der Waals surface area (Å²) in [5.74, 6) is -2.09. The molecule has 8 heteroatoms. The Balaban J connectivity index is 2.19. The van der Waals surface area contributed by atoms with Crippen molar-refractivity contribution < 1.29 is 8.78 Å². The second-order valence-corrected chi connectivity index (χ2v) is 6.58. The van der Waals surface area contributed by atoms with Crippen LogP contribution in [0, 0.1) is 0 Å². The molecule has 0 aliphatic heterocycles. The van der Waals surface area contributed by atoms with Gasteiger partial charge < -0.3 is 4.98 Å². The number of alkyl halides is 2. The van der Waals surface area contributed by atoms with Crippen molar-refractivity contribution in [3.63, 3.8) is 0 Å². The van der Waals surface area contributed by atoms with Crippen LogP contribution in [0.5, 0.6) is 0 Å². The summed E-state index contributed by atoms with van der Waals surface area (Å²) in [6, 6.07) is 3.46. The number of H-pyrrole nitrogens is 1. The van der Waals surface area contributed by atoms with E-state index in [9.17, 15) is 13.6 Å². The first-order valence-corrected chi connectivity index (χ1v) is 9.05. The van der Waals surface area contributed by atoms with Crippen LogP contribution >= 0.6 is 23.5 Å². The Bertz CT molecular complexity index is 722. The molecule has 2 aromatic heterocycles. The lowest BCUT2D eigenvalue weighted by Gasteiger charge is -2.09. The third-order valence-corrected chi connectivity index (χ3v) is 4.87. The number of nitrogens with one attached hydrogen (secondary N) is 1. The summed E-state index contributed by atoms with van der Waals surface area (Å²) < 4.78 is 25.1. The average molecular weight is 357 g/mol. The summed E-state index contributed by atoms with van der Waals surface area (Å²) in [5.41, 5.74) is 2.05. The van der Waals surface area contributed by atoms with Crippen molar-refractivity contribution in [3.8, 4) is 0 Å². The van der Waals surface area contributed by atoms with Crippen molar-refractivity contribution in [2.24, 2.45) is 0 Å². The quantitative estimate of drug-likeness (QED) is 0.602. The highest BCUT2D eigenvalue weighted by Gasteiger charge is 2.13. The molecular weight excluding hydrogens is 340 g/mol. The summed E-state index contributed by atoms with van der Waals surface area (Å²) in [7, 11) is 0. The first kappa shape index (κ1) is 17.9. The highest BCUT2D eigenvalue weighted by Crippen LogP contribution is 2.29. The van der Waals surface area contributed by atoms with Gasteiger partial charge in [0.05, 0.1) is 5.69 Å². The van der Waals surface area contributed by atoms with Crippen LogP contribution < -0.4 is 5.56 Å². The van der Waals surface area contributed by atoms with E-state index < -0.39 is 5.76 Å². The number of hydrogen-bond acceptors (Lipinski definition) is 5. The largest absolute Gasteiger partial charge is 0.301 e. The van der Waals surface area contributed by atoms with E-state index in [0.717, 1.165) is 5.69 Å². The molecule has 2 aromatic rings.